The van der Waals surface area contributed by atoms with Crippen LogP contribution in [0.1, 0.15) is 51.8 Å². The van der Waals surface area contributed by atoms with Crippen LogP contribution in [0.2, 0.25) is 0 Å². The Kier molecular flexibility index (Phi) is 2.07. The molecular formula is C13H21N3. The predicted molar refractivity (Wildman–Crippen MR) is 65.8 cm³/mol. The summed E-state index contributed by atoms with van der Waals surface area (Å²) in [5.74, 6) is 2.01. The third-order valence-electron chi connectivity index (χ3n) is 3.75. The average molecular weight is 219 g/mol. The Morgan fingerprint density at radius 2 is 2.06 bits per heavy atom. The van der Waals surface area contributed by atoms with Gasteiger partial charge in [-0.25, -0.2) is 4.98 Å². The van der Waals surface area contributed by atoms with Gasteiger partial charge in [0.15, 0.2) is 0 Å². The van der Waals surface area contributed by atoms with Crippen molar-refractivity contribution < 1.29 is 0 Å². The maximum Gasteiger partial charge on any atom is 0.203 e. The van der Waals surface area contributed by atoms with Gasteiger partial charge < -0.3 is 9.88 Å². The molecule has 3 heteroatoms. The van der Waals surface area contributed by atoms with E-state index in [2.05, 4.69) is 36.9 Å². The Morgan fingerprint density at radius 1 is 1.31 bits per heavy atom. The van der Waals surface area contributed by atoms with Crippen LogP contribution in [0.15, 0.2) is 6.20 Å². The second-order valence-corrected chi connectivity index (χ2v) is 6.23. The summed E-state index contributed by atoms with van der Waals surface area (Å²) in [6.07, 6.45) is 6.35. The number of imidazole rings is 1. The van der Waals surface area contributed by atoms with Crippen molar-refractivity contribution in [2.75, 3.05) is 11.9 Å². The third-order valence-corrected chi connectivity index (χ3v) is 3.75. The first-order valence-corrected chi connectivity index (χ1v) is 6.39. The van der Waals surface area contributed by atoms with Gasteiger partial charge in [-0.1, -0.05) is 20.8 Å². The van der Waals surface area contributed by atoms with Crippen molar-refractivity contribution in [3.05, 3.63) is 11.9 Å². The molecule has 3 rings (SSSR count). The van der Waals surface area contributed by atoms with E-state index in [1.165, 1.54) is 25.0 Å². The molecule has 1 unspecified atom stereocenters. The normalized spacial score (nSPS) is 25.1. The lowest BCUT2D eigenvalue weighted by molar-refractivity contribution is 0.409. The second-order valence-electron chi connectivity index (χ2n) is 6.23. The van der Waals surface area contributed by atoms with Gasteiger partial charge in [-0.2, -0.15) is 0 Å². The second kappa shape index (κ2) is 3.25. The van der Waals surface area contributed by atoms with Gasteiger partial charge in [-0.05, 0) is 25.2 Å². The summed E-state index contributed by atoms with van der Waals surface area (Å²) in [5.41, 5.74) is 1.36. The molecule has 1 aliphatic heterocycles. The molecule has 0 aromatic carbocycles. The summed E-state index contributed by atoms with van der Waals surface area (Å²) in [6, 6.07) is 0.708. The van der Waals surface area contributed by atoms with Crippen LogP contribution in [0, 0.1) is 5.92 Å². The first-order valence-electron chi connectivity index (χ1n) is 6.39. The molecule has 1 aromatic rings. The molecule has 1 N–H and O–H groups in total. The van der Waals surface area contributed by atoms with Gasteiger partial charge in [0.1, 0.15) is 0 Å². The summed E-state index contributed by atoms with van der Waals surface area (Å²) in [7, 11) is 0. The summed E-state index contributed by atoms with van der Waals surface area (Å²) < 4.78 is 2.39. The van der Waals surface area contributed by atoms with E-state index in [0.29, 0.717) is 6.04 Å². The minimum absolute atomic E-state index is 0.153. The standard InChI is InChI=1S/C13H21N3/c1-13(2,3)11-8-16-10(9-4-5-9)6-7-14-12(16)15-11/h8-10H,4-7H2,1-3H3,(H,14,15). The maximum atomic E-state index is 4.73. The van der Waals surface area contributed by atoms with E-state index in [9.17, 15) is 0 Å². The Balaban J connectivity index is 1.97. The molecule has 2 heterocycles. The van der Waals surface area contributed by atoms with Crippen molar-refractivity contribution in [1.29, 1.82) is 0 Å². The smallest absolute Gasteiger partial charge is 0.203 e. The molecule has 1 aliphatic carbocycles. The first-order chi connectivity index (χ1) is 7.55. The number of rotatable bonds is 1. The van der Waals surface area contributed by atoms with Gasteiger partial charge in [-0.3, -0.25) is 0 Å². The monoisotopic (exact) mass is 219 g/mol. The number of hydrogen-bond donors (Lipinski definition) is 1. The van der Waals surface area contributed by atoms with Crippen LogP contribution < -0.4 is 5.32 Å². The molecule has 0 spiro atoms. The van der Waals surface area contributed by atoms with E-state index in [4.69, 9.17) is 4.98 Å². The molecule has 88 valence electrons. The van der Waals surface area contributed by atoms with Crippen molar-refractivity contribution in [2.24, 2.45) is 5.92 Å². The molecule has 0 amide bonds. The number of fused-ring (bicyclic) bond motifs is 1. The number of aromatic nitrogens is 2. The van der Waals surface area contributed by atoms with Gasteiger partial charge in [-0.15, -0.1) is 0 Å². The van der Waals surface area contributed by atoms with Crippen molar-refractivity contribution in [2.45, 2.75) is 51.5 Å². The number of nitrogens with one attached hydrogen (secondary N) is 1. The zero-order valence-electron chi connectivity index (χ0n) is 10.5. The quantitative estimate of drug-likeness (QED) is 0.787. The number of nitrogens with zero attached hydrogens (tertiary/aromatic N) is 2. The molecule has 2 aliphatic rings. The van der Waals surface area contributed by atoms with Crippen LogP contribution in [0.3, 0.4) is 0 Å². The predicted octanol–water partition coefficient (Wildman–Crippen LogP) is 2.95. The van der Waals surface area contributed by atoms with E-state index in [-0.39, 0.29) is 5.41 Å². The van der Waals surface area contributed by atoms with Crippen LogP contribution in [0.25, 0.3) is 0 Å². The van der Waals surface area contributed by atoms with E-state index < -0.39 is 0 Å². The highest BCUT2D eigenvalue weighted by Gasteiger charge is 2.36. The largest absolute Gasteiger partial charge is 0.356 e. The molecule has 1 aromatic heterocycles. The third kappa shape index (κ3) is 1.62. The first kappa shape index (κ1) is 10.2. The fourth-order valence-corrected chi connectivity index (χ4v) is 2.55. The van der Waals surface area contributed by atoms with Crippen LogP contribution in [-0.4, -0.2) is 16.1 Å². The van der Waals surface area contributed by atoms with Crippen molar-refractivity contribution in [3.8, 4) is 0 Å². The fraction of sp³-hybridized carbons (Fsp3) is 0.769. The highest BCUT2D eigenvalue weighted by molar-refractivity contribution is 5.34. The van der Waals surface area contributed by atoms with E-state index in [1.54, 1.807) is 0 Å². The van der Waals surface area contributed by atoms with Crippen LogP contribution in [-0.2, 0) is 5.41 Å². The van der Waals surface area contributed by atoms with Crippen molar-refractivity contribution in [3.63, 3.8) is 0 Å². The molecule has 0 saturated heterocycles. The number of hydrogen-bond acceptors (Lipinski definition) is 2. The maximum absolute atomic E-state index is 4.73. The minimum Gasteiger partial charge on any atom is -0.356 e. The summed E-state index contributed by atoms with van der Waals surface area (Å²) >= 11 is 0. The molecule has 1 saturated carbocycles. The molecule has 3 nitrogen and oxygen atoms in total. The fourth-order valence-electron chi connectivity index (χ4n) is 2.55. The van der Waals surface area contributed by atoms with Crippen molar-refractivity contribution in [1.82, 2.24) is 9.55 Å². The Hall–Kier alpha value is -0.990. The van der Waals surface area contributed by atoms with E-state index in [0.717, 1.165) is 18.4 Å². The Labute approximate surface area is 97.3 Å². The Morgan fingerprint density at radius 3 is 2.69 bits per heavy atom. The lowest BCUT2D eigenvalue weighted by Crippen LogP contribution is -2.23. The lowest BCUT2D eigenvalue weighted by atomic mass is 9.93. The van der Waals surface area contributed by atoms with Crippen molar-refractivity contribution >= 4 is 5.95 Å². The average Bonchev–Trinajstić information content (AvgIpc) is 2.93. The highest BCUT2D eigenvalue weighted by Crippen LogP contribution is 2.44. The zero-order chi connectivity index (χ0) is 11.3. The van der Waals surface area contributed by atoms with E-state index >= 15 is 0 Å². The minimum atomic E-state index is 0.153. The molecule has 0 radical (unpaired) electrons. The van der Waals surface area contributed by atoms with Gasteiger partial charge >= 0.3 is 0 Å². The summed E-state index contributed by atoms with van der Waals surface area (Å²) in [4.78, 5) is 4.73. The SMILES string of the molecule is CC(C)(C)c1cn2c(n1)NCCC2C1CC1. The Bertz CT molecular complexity index is 396. The van der Waals surface area contributed by atoms with Gasteiger partial charge in [0.05, 0.1) is 5.69 Å². The molecule has 0 bridgehead atoms. The lowest BCUT2D eigenvalue weighted by Gasteiger charge is -2.25. The van der Waals surface area contributed by atoms with Crippen LogP contribution in [0.5, 0.6) is 0 Å². The van der Waals surface area contributed by atoms with Crippen LogP contribution >= 0.6 is 0 Å². The molecular weight excluding hydrogens is 198 g/mol. The van der Waals surface area contributed by atoms with E-state index in [1.807, 2.05) is 0 Å². The summed E-state index contributed by atoms with van der Waals surface area (Å²) in [5, 5.41) is 3.42. The molecule has 1 fully saturated rings. The van der Waals surface area contributed by atoms with Gasteiger partial charge in [0, 0.05) is 24.2 Å². The number of anilines is 1. The van der Waals surface area contributed by atoms with Gasteiger partial charge in [0.2, 0.25) is 5.95 Å². The molecule has 1 atom stereocenters. The zero-order valence-corrected chi connectivity index (χ0v) is 10.5. The van der Waals surface area contributed by atoms with Crippen LogP contribution in [0.4, 0.5) is 5.95 Å². The summed E-state index contributed by atoms with van der Waals surface area (Å²) in [6.45, 7) is 7.77. The topological polar surface area (TPSA) is 29.9 Å². The molecule has 16 heavy (non-hydrogen) atoms. The van der Waals surface area contributed by atoms with Gasteiger partial charge in [0.25, 0.3) is 0 Å². The highest BCUT2D eigenvalue weighted by atomic mass is 15.2.